The summed E-state index contributed by atoms with van der Waals surface area (Å²) in [7, 11) is 0. The number of nitrogens with zero attached hydrogens (tertiary/aromatic N) is 5. The van der Waals surface area contributed by atoms with Crippen LogP contribution in [-0.2, 0) is 6.54 Å². The Bertz CT molecular complexity index is 661. The summed E-state index contributed by atoms with van der Waals surface area (Å²) in [5, 5.41) is 0. The SMILES string of the molecule is NCCCCn1cnc2c(-n3cccc3)ncnc21.[Cl-]. The van der Waals surface area contributed by atoms with Gasteiger partial charge in [0.05, 0.1) is 6.33 Å². The molecule has 3 heterocycles. The van der Waals surface area contributed by atoms with E-state index in [0.29, 0.717) is 0 Å². The molecule has 106 valence electrons. The van der Waals surface area contributed by atoms with E-state index in [2.05, 4.69) is 19.5 Å². The highest BCUT2D eigenvalue weighted by Crippen LogP contribution is 2.17. The van der Waals surface area contributed by atoms with E-state index in [9.17, 15) is 0 Å². The summed E-state index contributed by atoms with van der Waals surface area (Å²) in [5.74, 6) is 0.813. The first-order valence-electron chi connectivity index (χ1n) is 6.39. The molecule has 2 N–H and O–H groups in total. The summed E-state index contributed by atoms with van der Waals surface area (Å²) in [4.78, 5) is 13.1. The van der Waals surface area contributed by atoms with E-state index >= 15 is 0 Å². The van der Waals surface area contributed by atoms with Crippen LogP contribution in [0.2, 0.25) is 0 Å². The van der Waals surface area contributed by atoms with Gasteiger partial charge in [0.25, 0.3) is 0 Å². The Kier molecular flexibility index (Phi) is 4.70. The van der Waals surface area contributed by atoms with Crippen LogP contribution >= 0.6 is 0 Å². The smallest absolute Gasteiger partial charge is 0.168 e. The number of aromatic nitrogens is 5. The zero-order valence-electron chi connectivity index (χ0n) is 11.0. The molecule has 3 rings (SSSR count). The summed E-state index contributed by atoms with van der Waals surface area (Å²) < 4.78 is 4.00. The van der Waals surface area contributed by atoms with Gasteiger partial charge in [-0.05, 0) is 31.5 Å². The van der Waals surface area contributed by atoms with Crippen LogP contribution in [0.1, 0.15) is 12.8 Å². The van der Waals surface area contributed by atoms with Gasteiger partial charge in [0.15, 0.2) is 17.0 Å². The lowest BCUT2D eigenvalue weighted by atomic mass is 10.3. The molecule has 0 fully saturated rings. The lowest BCUT2D eigenvalue weighted by Crippen LogP contribution is -3.00. The van der Waals surface area contributed by atoms with Crippen LogP contribution in [0.15, 0.2) is 37.2 Å². The van der Waals surface area contributed by atoms with Gasteiger partial charge in [0, 0.05) is 18.9 Å². The summed E-state index contributed by atoms with van der Waals surface area (Å²) in [6.45, 7) is 1.60. The van der Waals surface area contributed by atoms with Gasteiger partial charge in [-0.2, -0.15) is 0 Å². The Morgan fingerprint density at radius 1 is 1.05 bits per heavy atom. The minimum absolute atomic E-state index is 0. The molecule has 0 amide bonds. The molecule has 20 heavy (non-hydrogen) atoms. The van der Waals surface area contributed by atoms with E-state index in [1.807, 2.05) is 35.4 Å². The van der Waals surface area contributed by atoms with Crippen LogP contribution < -0.4 is 18.1 Å². The molecule has 0 saturated carbocycles. The van der Waals surface area contributed by atoms with Crippen molar-refractivity contribution in [1.82, 2.24) is 24.1 Å². The summed E-state index contributed by atoms with van der Waals surface area (Å²) in [6.07, 6.45) is 9.35. The highest BCUT2D eigenvalue weighted by atomic mass is 35.5. The van der Waals surface area contributed by atoms with Crippen molar-refractivity contribution in [3.8, 4) is 5.82 Å². The fourth-order valence-corrected chi connectivity index (χ4v) is 2.12. The fourth-order valence-electron chi connectivity index (χ4n) is 2.12. The minimum atomic E-state index is 0. The van der Waals surface area contributed by atoms with Crippen molar-refractivity contribution < 1.29 is 12.4 Å². The van der Waals surface area contributed by atoms with Crippen LogP contribution in [0.4, 0.5) is 0 Å². The third-order valence-electron chi connectivity index (χ3n) is 3.08. The van der Waals surface area contributed by atoms with Gasteiger partial charge in [0.1, 0.15) is 6.33 Å². The van der Waals surface area contributed by atoms with Crippen LogP contribution in [-0.4, -0.2) is 30.6 Å². The molecule has 0 unspecified atom stereocenters. The van der Waals surface area contributed by atoms with E-state index < -0.39 is 0 Å². The number of fused-ring (bicyclic) bond motifs is 1. The number of hydrogen-bond acceptors (Lipinski definition) is 4. The van der Waals surface area contributed by atoms with Gasteiger partial charge in [-0.25, -0.2) is 15.0 Å². The first-order valence-corrected chi connectivity index (χ1v) is 6.39. The third kappa shape index (κ3) is 2.66. The third-order valence-corrected chi connectivity index (χ3v) is 3.08. The molecule has 0 atom stereocenters. The molecule has 0 aliphatic carbocycles. The lowest BCUT2D eigenvalue weighted by molar-refractivity contribution is -0.00000418. The standard InChI is InChI=1S/C13H16N6.ClH/c14-5-1-2-8-19-10-17-11-12(15-9-16-13(11)19)18-6-3-4-7-18;/h3-4,6-7,9-10H,1-2,5,8,14H2;1H/p-1. The molecule has 0 saturated heterocycles. The van der Waals surface area contributed by atoms with Crippen LogP contribution in [0.25, 0.3) is 17.0 Å². The Balaban J connectivity index is 0.00000147. The number of unbranched alkanes of at least 4 members (excludes halogenated alkanes) is 1. The highest BCUT2D eigenvalue weighted by molar-refractivity contribution is 5.78. The first-order chi connectivity index (χ1) is 9.40. The minimum Gasteiger partial charge on any atom is -1.00 e. The molecule has 0 aliphatic heterocycles. The van der Waals surface area contributed by atoms with Gasteiger partial charge < -0.3 is 27.3 Å². The molecule has 0 spiro atoms. The Hall–Kier alpha value is -1.92. The summed E-state index contributed by atoms with van der Waals surface area (Å²) in [6, 6.07) is 3.93. The maximum absolute atomic E-state index is 5.52. The Morgan fingerprint density at radius 2 is 1.85 bits per heavy atom. The molecule has 3 aromatic heterocycles. The number of imidazole rings is 1. The van der Waals surface area contributed by atoms with Gasteiger partial charge >= 0.3 is 0 Å². The van der Waals surface area contributed by atoms with E-state index in [0.717, 1.165) is 42.9 Å². The van der Waals surface area contributed by atoms with Crippen molar-refractivity contribution >= 4 is 11.2 Å². The molecule has 0 aromatic carbocycles. The van der Waals surface area contributed by atoms with Gasteiger partial charge in [-0.3, -0.25) is 0 Å². The van der Waals surface area contributed by atoms with Crippen LogP contribution in [0.3, 0.4) is 0 Å². The second-order valence-electron chi connectivity index (χ2n) is 4.39. The number of hydrogen-bond donors (Lipinski definition) is 1. The average Bonchev–Trinajstić information content (AvgIpc) is 3.08. The normalized spacial score (nSPS) is 10.7. The summed E-state index contributed by atoms with van der Waals surface area (Å²) in [5.41, 5.74) is 7.21. The zero-order valence-corrected chi connectivity index (χ0v) is 11.7. The maximum atomic E-state index is 5.52. The fraction of sp³-hybridized carbons (Fsp3) is 0.308. The maximum Gasteiger partial charge on any atom is 0.168 e. The molecule has 0 aliphatic rings. The highest BCUT2D eigenvalue weighted by Gasteiger charge is 2.10. The predicted molar refractivity (Wildman–Crippen MR) is 72.9 cm³/mol. The second-order valence-corrected chi connectivity index (χ2v) is 4.39. The van der Waals surface area contributed by atoms with Crippen molar-refractivity contribution in [2.45, 2.75) is 19.4 Å². The number of halogens is 1. The van der Waals surface area contributed by atoms with E-state index in [1.54, 1.807) is 6.33 Å². The van der Waals surface area contributed by atoms with Crippen LogP contribution in [0, 0.1) is 0 Å². The topological polar surface area (TPSA) is 74.6 Å². The van der Waals surface area contributed by atoms with Gasteiger partial charge in [0.2, 0.25) is 0 Å². The van der Waals surface area contributed by atoms with Crippen molar-refractivity contribution in [1.29, 1.82) is 0 Å². The molecule has 0 radical (unpaired) electrons. The Morgan fingerprint density at radius 3 is 2.60 bits per heavy atom. The number of aryl methyl sites for hydroxylation is 1. The van der Waals surface area contributed by atoms with E-state index in [-0.39, 0.29) is 12.4 Å². The van der Waals surface area contributed by atoms with E-state index in [4.69, 9.17) is 5.73 Å². The number of rotatable bonds is 5. The largest absolute Gasteiger partial charge is 1.00 e. The second kappa shape index (κ2) is 6.49. The van der Waals surface area contributed by atoms with Crippen LogP contribution in [0.5, 0.6) is 0 Å². The molecule has 3 aromatic rings. The lowest BCUT2D eigenvalue weighted by Gasteiger charge is -2.04. The Labute approximate surface area is 123 Å². The molecule has 0 bridgehead atoms. The van der Waals surface area contributed by atoms with Crippen molar-refractivity contribution in [3.63, 3.8) is 0 Å². The monoisotopic (exact) mass is 291 g/mol. The van der Waals surface area contributed by atoms with Crippen molar-refractivity contribution in [3.05, 3.63) is 37.2 Å². The quantitative estimate of drug-likeness (QED) is 0.572. The van der Waals surface area contributed by atoms with Gasteiger partial charge in [-0.1, -0.05) is 0 Å². The average molecular weight is 292 g/mol. The summed E-state index contributed by atoms with van der Waals surface area (Å²) >= 11 is 0. The van der Waals surface area contributed by atoms with E-state index in [1.165, 1.54) is 0 Å². The molecule has 7 heteroatoms. The molecule has 6 nitrogen and oxygen atoms in total. The zero-order chi connectivity index (χ0) is 13.1. The molecular weight excluding hydrogens is 276 g/mol. The first kappa shape index (κ1) is 14.5. The number of nitrogens with two attached hydrogens (primary N) is 1. The molecular formula is C13H16ClN6-. The predicted octanol–water partition coefficient (Wildman–Crippen LogP) is -1.64. The van der Waals surface area contributed by atoms with Crippen molar-refractivity contribution in [2.75, 3.05) is 6.54 Å². The van der Waals surface area contributed by atoms with Gasteiger partial charge in [-0.15, -0.1) is 0 Å². The van der Waals surface area contributed by atoms with Crippen molar-refractivity contribution in [2.24, 2.45) is 5.73 Å².